The first-order chi connectivity index (χ1) is 5.99. The van der Waals surface area contributed by atoms with Crippen LogP contribution in [0, 0.1) is 0 Å². The van der Waals surface area contributed by atoms with E-state index < -0.39 is 10.1 Å². The van der Waals surface area contributed by atoms with E-state index in [2.05, 4.69) is 0 Å². The summed E-state index contributed by atoms with van der Waals surface area (Å²) in [5, 5.41) is 8.64. The number of hydrogen-bond donors (Lipinski definition) is 2. The van der Waals surface area contributed by atoms with Crippen LogP contribution in [0.5, 0.6) is 0 Å². The zero-order valence-electron chi connectivity index (χ0n) is 7.81. The molecule has 0 spiro atoms. The average Bonchev–Trinajstić information content (AvgIpc) is 2.00. The largest absolute Gasteiger partial charge is 0.395 e. The second-order valence-electron chi connectivity index (χ2n) is 2.85. The summed E-state index contributed by atoms with van der Waals surface area (Å²) in [7, 11) is -3.88. The molecule has 0 bridgehead atoms. The summed E-state index contributed by atoms with van der Waals surface area (Å²) in [4.78, 5) is 1.80. The fraction of sp³-hybridized carbons (Fsp3) is 1.00. The van der Waals surface area contributed by atoms with Crippen molar-refractivity contribution in [3.63, 3.8) is 0 Å². The predicted molar refractivity (Wildman–Crippen MR) is 50.2 cm³/mol. The van der Waals surface area contributed by atoms with E-state index in [9.17, 15) is 8.42 Å². The molecule has 0 unspecified atom stereocenters. The van der Waals surface area contributed by atoms with E-state index in [-0.39, 0.29) is 18.9 Å². The normalized spacial score (nSPS) is 12.3. The maximum absolute atomic E-state index is 10.4. The highest BCUT2D eigenvalue weighted by molar-refractivity contribution is 7.85. The van der Waals surface area contributed by atoms with Crippen LogP contribution in [-0.2, 0) is 10.1 Å². The Hall–Kier alpha value is -0.170. The first-order valence-electron chi connectivity index (χ1n) is 4.28. The third-order valence-corrected chi connectivity index (χ3v) is 2.32. The highest BCUT2D eigenvalue weighted by Crippen LogP contribution is 1.92. The summed E-state index contributed by atoms with van der Waals surface area (Å²) in [6, 6.07) is 0. The van der Waals surface area contributed by atoms with Crippen LogP contribution < -0.4 is 0 Å². The van der Waals surface area contributed by atoms with Crippen molar-refractivity contribution in [3.8, 4) is 0 Å². The topological polar surface area (TPSA) is 77.8 Å². The second-order valence-corrected chi connectivity index (χ2v) is 4.42. The van der Waals surface area contributed by atoms with E-state index in [0.29, 0.717) is 6.54 Å². The van der Waals surface area contributed by atoms with E-state index in [4.69, 9.17) is 9.66 Å². The molecule has 0 aliphatic carbocycles. The highest BCUT2D eigenvalue weighted by Gasteiger charge is 2.08. The van der Waals surface area contributed by atoms with Gasteiger partial charge in [0, 0.05) is 13.1 Å². The lowest BCUT2D eigenvalue weighted by Crippen LogP contribution is -2.32. The molecule has 80 valence electrons. The van der Waals surface area contributed by atoms with E-state index >= 15 is 0 Å². The summed E-state index contributed by atoms with van der Waals surface area (Å²) in [6.45, 7) is 3.43. The van der Waals surface area contributed by atoms with Gasteiger partial charge in [-0.3, -0.25) is 9.45 Å². The van der Waals surface area contributed by atoms with Crippen LogP contribution in [0.25, 0.3) is 0 Å². The monoisotopic (exact) mass is 211 g/mol. The molecule has 0 saturated carbocycles. The van der Waals surface area contributed by atoms with Gasteiger partial charge in [-0.2, -0.15) is 8.42 Å². The van der Waals surface area contributed by atoms with Crippen molar-refractivity contribution in [3.05, 3.63) is 0 Å². The Morgan fingerprint density at radius 3 is 2.23 bits per heavy atom. The number of nitrogens with zero attached hydrogens (tertiary/aromatic N) is 1. The Bertz CT molecular complexity index is 209. The third kappa shape index (κ3) is 8.17. The van der Waals surface area contributed by atoms with Gasteiger partial charge in [0.25, 0.3) is 10.1 Å². The van der Waals surface area contributed by atoms with Crippen LogP contribution in [0.15, 0.2) is 0 Å². The molecule has 0 aromatic rings. The van der Waals surface area contributed by atoms with Crippen LogP contribution in [0.2, 0.25) is 0 Å². The molecule has 0 radical (unpaired) electrons. The molecule has 0 aromatic carbocycles. The summed E-state index contributed by atoms with van der Waals surface area (Å²) >= 11 is 0. The zero-order valence-corrected chi connectivity index (χ0v) is 8.63. The Balaban J connectivity index is 3.81. The van der Waals surface area contributed by atoms with Crippen molar-refractivity contribution in [2.45, 2.75) is 13.3 Å². The van der Waals surface area contributed by atoms with Gasteiger partial charge in [0.05, 0.1) is 12.4 Å². The van der Waals surface area contributed by atoms with E-state index in [0.717, 1.165) is 13.0 Å². The molecule has 0 atom stereocenters. The minimum atomic E-state index is -3.88. The Morgan fingerprint density at radius 2 is 1.85 bits per heavy atom. The van der Waals surface area contributed by atoms with Gasteiger partial charge in [-0.1, -0.05) is 6.92 Å². The van der Waals surface area contributed by atoms with Gasteiger partial charge < -0.3 is 5.11 Å². The van der Waals surface area contributed by atoms with Crippen molar-refractivity contribution in [2.24, 2.45) is 0 Å². The molecule has 0 aromatic heterocycles. The van der Waals surface area contributed by atoms with Crippen LogP contribution in [0.4, 0.5) is 0 Å². The number of aliphatic hydroxyl groups is 1. The standard InChI is InChI=1S/C7H17NO4S/c1-2-3-8(4-6-9)5-7-13(10,11)12/h9H,2-7H2,1H3,(H,10,11,12). The lowest BCUT2D eigenvalue weighted by atomic mass is 10.4. The van der Waals surface area contributed by atoms with Crippen molar-refractivity contribution < 1.29 is 18.1 Å². The fourth-order valence-corrected chi connectivity index (χ4v) is 1.53. The van der Waals surface area contributed by atoms with Gasteiger partial charge in [0.2, 0.25) is 0 Å². The van der Waals surface area contributed by atoms with Gasteiger partial charge in [-0.05, 0) is 13.0 Å². The molecule has 0 rings (SSSR count). The predicted octanol–water partition coefficient (Wildman–Crippen LogP) is -0.421. The van der Waals surface area contributed by atoms with Crippen molar-refractivity contribution in [2.75, 3.05) is 32.0 Å². The lowest BCUT2D eigenvalue weighted by Gasteiger charge is -2.19. The number of aliphatic hydroxyl groups excluding tert-OH is 1. The minimum absolute atomic E-state index is 0.00543. The lowest BCUT2D eigenvalue weighted by molar-refractivity contribution is 0.202. The highest BCUT2D eigenvalue weighted by atomic mass is 32.2. The van der Waals surface area contributed by atoms with Crippen molar-refractivity contribution >= 4 is 10.1 Å². The maximum atomic E-state index is 10.4. The average molecular weight is 211 g/mol. The fourth-order valence-electron chi connectivity index (χ4n) is 1.04. The van der Waals surface area contributed by atoms with Gasteiger partial charge in [-0.15, -0.1) is 0 Å². The molecule has 6 heteroatoms. The van der Waals surface area contributed by atoms with E-state index in [1.807, 2.05) is 6.92 Å². The Kier molecular flexibility index (Phi) is 6.23. The second kappa shape index (κ2) is 6.31. The smallest absolute Gasteiger partial charge is 0.266 e. The van der Waals surface area contributed by atoms with Crippen molar-refractivity contribution in [1.82, 2.24) is 4.90 Å². The van der Waals surface area contributed by atoms with Crippen LogP contribution in [-0.4, -0.2) is 55.0 Å². The number of hydrogen-bond acceptors (Lipinski definition) is 4. The molecule has 2 N–H and O–H groups in total. The molecule has 0 heterocycles. The molecule has 5 nitrogen and oxygen atoms in total. The van der Waals surface area contributed by atoms with Gasteiger partial charge in [0.1, 0.15) is 0 Å². The van der Waals surface area contributed by atoms with Crippen LogP contribution in [0.3, 0.4) is 0 Å². The molecule has 0 fully saturated rings. The van der Waals surface area contributed by atoms with Crippen LogP contribution in [0.1, 0.15) is 13.3 Å². The van der Waals surface area contributed by atoms with E-state index in [1.165, 1.54) is 0 Å². The van der Waals surface area contributed by atoms with Gasteiger partial charge >= 0.3 is 0 Å². The molecular weight excluding hydrogens is 194 g/mol. The van der Waals surface area contributed by atoms with Gasteiger partial charge in [0.15, 0.2) is 0 Å². The molecule has 0 amide bonds. The van der Waals surface area contributed by atoms with Crippen molar-refractivity contribution in [1.29, 1.82) is 0 Å². The van der Waals surface area contributed by atoms with Crippen LogP contribution >= 0.6 is 0 Å². The van der Waals surface area contributed by atoms with Gasteiger partial charge in [-0.25, -0.2) is 0 Å². The Morgan fingerprint density at radius 1 is 1.23 bits per heavy atom. The first kappa shape index (κ1) is 12.8. The minimum Gasteiger partial charge on any atom is -0.395 e. The zero-order chi connectivity index (χ0) is 10.3. The molecule has 13 heavy (non-hydrogen) atoms. The first-order valence-corrected chi connectivity index (χ1v) is 5.89. The summed E-state index contributed by atoms with van der Waals surface area (Å²) < 4.78 is 29.3. The molecular formula is C7H17NO4S. The third-order valence-electron chi connectivity index (χ3n) is 1.62. The summed E-state index contributed by atoms with van der Waals surface area (Å²) in [5.41, 5.74) is 0. The SMILES string of the molecule is CCCN(CCO)CCS(=O)(=O)O. The molecule has 0 aliphatic heterocycles. The maximum Gasteiger partial charge on any atom is 0.266 e. The summed E-state index contributed by atoms with van der Waals surface area (Å²) in [5.74, 6) is -0.271. The molecule has 0 aliphatic rings. The molecule has 0 saturated heterocycles. The summed E-state index contributed by atoms with van der Waals surface area (Å²) in [6.07, 6.45) is 0.894. The Labute approximate surface area is 79.1 Å². The quantitative estimate of drug-likeness (QED) is 0.559. The number of rotatable bonds is 7. The van der Waals surface area contributed by atoms with E-state index in [1.54, 1.807) is 4.90 Å².